The Bertz CT molecular complexity index is 1050. The van der Waals surface area contributed by atoms with E-state index < -0.39 is 5.97 Å². The number of hydrogen-bond acceptors (Lipinski definition) is 5. The zero-order chi connectivity index (χ0) is 21.6. The van der Waals surface area contributed by atoms with Crippen molar-refractivity contribution in [2.24, 2.45) is 11.3 Å². The molecule has 4 rings (SSSR count). The molecular weight excluding hydrogens is 404 g/mol. The second kappa shape index (κ2) is 7.73. The minimum atomic E-state index is -0.605. The Morgan fingerprint density at radius 2 is 2.03 bits per heavy atom. The van der Waals surface area contributed by atoms with E-state index in [0.717, 1.165) is 5.56 Å². The largest absolute Gasteiger partial charge is 0.490 e. The molecule has 30 heavy (non-hydrogen) atoms. The van der Waals surface area contributed by atoms with E-state index in [4.69, 9.17) is 21.1 Å². The molecule has 0 aromatic carbocycles. The van der Waals surface area contributed by atoms with Crippen molar-refractivity contribution in [1.29, 1.82) is 0 Å². The first-order valence-electron chi connectivity index (χ1n) is 10.4. The third-order valence-corrected chi connectivity index (χ3v) is 6.03. The zero-order valence-electron chi connectivity index (χ0n) is 17.8. The Kier molecular flexibility index (Phi) is 5.39. The van der Waals surface area contributed by atoms with Crippen LogP contribution in [0.1, 0.15) is 62.5 Å². The lowest BCUT2D eigenvalue weighted by molar-refractivity contribution is 0.0523. The Labute approximate surface area is 181 Å². The lowest BCUT2D eigenvalue weighted by Gasteiger charge is -2.38. The van der Waals surface area contributed by atoms with Crippen LogP contribution in [0.15, 0.2) is 23.1 Å². The van der Waals surface area contributed by atoms with E-state index in [-0.39, 0.29) is 34.2 Å². The van der Waals surface area contributed by atoms with Gasteiger partial charge in [-0.25, -0.2) is 9.78 Å². The van der Waals surface area contributed by atoms with E-state index in [1.54, 1.807) is 13.1 Å². The molecule has 0 N–H and O–H groups in total. The average molecular weight is 431 g/mol. The highest BCUT2D eigenvalue weighted by Crippen LogP contribution is 2.44. The fourth-order valence-electron chi connectivity index (χ4n) is 3.87. The SMILES string of the molecule is CCOC(=O)c1cn2c(cc1=O)-c1nc(Cl)c(OCC3CC3)cc1C[C@H]2C(C)(C)C. The molecule has 2 aromatic heterocycles. The van der Waals surface area contributed by atoms with Gasteiger partial charge < -0.3 is 14.0 Å². The van der Waals surface area contributed by atoms with E-state index in [0.29, 0.717) is 36.1 Å². The Morgan fingerprint density at radius 3 is 2.67 bits per heavy atom. The molecule has 1 atom stereocenters. The number of fused-ring (bicyclic) bond motifs is 3. The number of carbonyl (C=O) groups excluding carboxylic acids is 1. The predicted molar refractivity (Wildman–Crippen MR) is 115 cm³/mol. The van der Waals surface area contributed by atoms with Crippen LogP contribution in [0.25, 0.3) is 11.4 Å². The molecule has 3 heterocycles. The predicted octanol–water partition coefficient (Wildman–Crippen LogP) is 4.67. The topological polar surface area (TPSA) is 70.4 Å². The highest BCUT2D eigenvalue weighted by atomic mass is 35.5. The van der Waals surface area contributed by atoms with Gasteiger partial charge in [0.1, 0.15) is 5.56 Å². The van der Waals surface area contributed by atoms with Crippen LogP contribution in [-0.2, 0) is 11.2 Å². The molecule has 1 aliphatic heterocycles. The summed E-state index contributed by atoms with van der Waals surface area (Å²) >= 11 is 6.42. The molecule has 1 aliphatic carbocycles. The van der Waals surface area contributed by atoms with Crippen molar-refractivity contribution in [2.45, 2.75) is 53.0 Å². The van der Waals surface area contributed by atoms with Crippen molar-refractivity contribution in [3.05, 3.63) is 44.8 Å². The van der Waals surface area contributed by atoms with Crippen molar-refractivity contribution in [3.63, 3.8) is 0 Å². The van der Waals surface area contributed by atoms with E-state index in [2.05, 4.69) is 25.8 Å². The van der Waals surface area contributed by atoms with Gasteiger partial charge in [-0.3, -0.25) is 4.79 Å². The Hall–Kier alpha value is -2.34. The minimum absolute atomic E-state index is 0.0213. The maximum atomic E-state index is 12.7. The normalized spacial score (nSPS) is 17.8. The maximum absolute atomic E-state index is 12.7. The van der Waals surface area contributed by atoms with Crippen LogP contribution in [0.3, 0.4) is 0 Å². The average Bonchev–Trinajstić information content (AvgIpc) is 3.49. The molecule has 1 fully saturated rings. The first-order valence-corrected chi connectivity index (χ1v) is 10.8. The second-order valence-electron chi connectivity index (χ2n) is 9.19. The first kappa shape index (κ1) is 20.9. The maximum Gasteiger partial charge on any atom is 0.343 e. The van der Waals surface area contributed by atoms with Crippen LogP contribution in [0, 0.1) is 11.3 Å². The van der Waals surface area contributed by atoms with Crippen molar-refractivity contribution >= 4 is 17.6 Å². The molecule has 0 amide bonds. The van der Waals surface area contributed by atoms with Gasteiger partial charge in [-0.15, -0.1) is 0 Å². The highest BCUT2D eigenvalue weighted by Gasteiger charge is 2.35. The summed E-state index contributed by atoms with van der Waals surface area (Å²) in [5.74, 6) is 0.597. The third kappa shape index (κ3) is 3.97. The lowest BCUT2D eigenvalue weighted by atomic mass is 9.80. The molecule has 2 aromatic rings. The summed E-state index contributed by atoms with van der Waals surface area (Å²) in [6.07, 6.45) is 4.70. The summed E-state index contributed by atoms with van der Waals surface area (Å²) < 4.78 is 13.0. The van der Waals surface area contributed by atoms with E-state index >= 15 is 0 Å². The molecule has 0 saturated heterocycles. The van der Waals surface area contributed by atoms with Gasteiger partial charge >= 0.3 is 5.97 Å². The number of halogens is 1. The summed E-state index contributed by atoms with van der Waals surface area (Å²) in [5.41, 5.74) is 1.84. The summed E-state index contributed by atoms with van der Waals surface area (Å²) in [5, 5.41) is 0.289. The van der Waals surface area contributed by atoms with Gasteiger partial charge in [0, 0.05) is 18.3 Å². The lowest BCUT2D eigenvalue weighted by Crippen LogP contribution is -2.33. The molecule has 0 radical (unpaired) electrons. The van der Waals surface area contributed by atoms with Gasteiger partial charge in [0.05, 0.1) is 24.6 Å². The molecule has 0 bridgehead atoms. The number of hydrogen-bond donors (Lipinski definition) is 0. The molecule has 7 heteroatoms. The zero-order valence-corrected chi connectivity index (χ0v) is 18.6. The molecule has 1 saturated carbocycles. The summed E-state index contributed by atoms with van der Waals surface area (Å²) in [6.45, 7) is 9.01. The monoisotopic (exact) mass is 430 g/mol. The number of pyridine rings is 2. The third-order valence-electron chi connectivity index (χ3n) is 5.76. The van der Waals surface area contributed by atoms with Crippen molar-refractivity contribution in [1.82, 2.24) is 9.55 Å². The first-order chi connectivity index (χ1) is 14.2. The highest BCUT2D eigenvalue weighted by molar-refractivity contribution is 6.31. The fraction of sp³-hybridized carbons (Fsp3) is 0.522. The van der Waals surface area contributed by atoms with Crippen LogP contribution < -0.4 is 10.2 Å². The van der Waals surface area contributed by atoms with Gasteiger partial charge in [0.15, 0.2) is 16.3 Å². The van der Waals surface area contributed by atoms with E-state index in [9.17, 15) is 9.59 Å². The fourth-order valence-corrected chi connectivity index (χ4v) is 4.07. The summed E-state index contributed by atoms with van der Waals surface area (Å²) in [6, 6.07) is 3.45. The number of ether oxygens (including phenoxy) is 2. The number of aromatic nitrogens is 2. The van der Waals surface area contributed by atoms with Crippen LogP contribution in [0.2, 0.25) is 5.15 Å². The Morgan fingerprint density at radius 1 is 1.30 bits per heavy atom. The van der Waals surface area contributed by atoms with Gasteiger partial charge in [-0.1, -0.05) is 32.4 Å². The standard InChI is InChI=1S/C23H27ClN2O4/c1-5-29-22(28)15-11-26-16(10-17(15)27)20-14(9-19(26)23(2,3)4)8-18(21(24)25-20)30-12-13-6-7-13/h8,10-11,13,19H,5-7,9,12H2,1-4H3/t19-/m0/s1. The van der Waals surface area contributed by atoms with Gasteiger partial charge in [0.2, 0.25) is 0 Å². The summed E-state index contributed by atoms with van der Waals surface area (Å²) in [7, 11) is 0. The van der Waals surface area contributed by atoms with Crippen LogP contribution in [-0.4, -0.2) is 28.7 Å². The summed E-state index contributed by atoms with van der Waals surface area (Å²) in [4.78, 5) is 29.6. The smallest absolute Gasteiger partial charge is 0.343 e. The van der Waals surface area contributed by atoms with Crippen molar-refractivity contribution in [2.75, 3.05) is 13.2 Å². The molecule has 2 aliphatic rings. The Balaban J connectivity index is 1.83. The molecule has 0 unspecified atom stereocenters. The van der Waals surface area contributed by atoms with Crippen LogP contribution in [0.4, 0.5) is 0 Å². The van der Waals surface area contributed by atoms with Crippen LogP contribution in [0.5, 0.6) is 5.75 Å². The number of esters is 1. The second-order valence-corrected chi connectivity index (χ2v) is 9.55. The van der Waals surface area contributed by atoms with E-state index in [1.165, 1.54) is 18.9 Å². The molecule has 160 valence electrons. The molecule has 6 nitrogen and oxygen atoms in total. The van der Waals surface area contributed by atoms with Gasteiger partial charge in [-0.2, -0.15) is 0 Å². The number of carbonyl (C=O) groups is 1. The van der Waals surface area contributed by atoms with Gasteiger partial charge in [0.25, 0.3) is 0 Å². The quantitative estimate of drug-likeness (QED) is 0.509. The van der Waals surface area contributed by atoms with Crippen LogP contribution >= 0.6 is 11.6 Å². The molecular formula is C23H27ClN2O4. The number of rotatable bonds is 5. The minimum Gasteiger partial charge on any atom is -0.490 e. The molecule has 0 spiro atoms. The van der Waals surface area contributed by atoms with E-state index in [1.807, 2.05) is 10.6 Å². The van der Waals surface area contributed by atoms with Crippen molar-refractivity contribution in [3.8, 4) is 17.1 Å². The van der Waals surface area contributed by atoms with Crippen molar-refractivity contribution < 1.29 is 14.3 Å². The number of nitrogens with zero attached hydrogens (tertiary/aromatic N) is 2. The van der Waals surface area contributed by atoms with Gasteiger partial charge in [-0.05, 0) is 49.1 Å².